The third-order valence-electron chi connectivity index (χ3n) is 3.25. The first-order valence-corrected chi connectivity index (χ1v) is 8.04. The van der Waals surface area contributed by atoms with Crippen LogP contribution in [0.4, 0.5) is 0 Å². The molecule has 0 fully saturated rings. The van der Waals surface area contributed by atoms with Gasteiger partial charge in [0.15, 0.2) is 5.78 Å². The number of rotatable bonds is 9. The van der Waals surface area contributed by atoms with Gasteiger partial charge < -0.3 is 0 Å². The van der Waals surface area contributed by atoms with Crippen LogP contribution in [-0.4, -0.2) is 30.3 Å². The van der Waals surface area contributed by atoms with Crippen molar-refractivity contribution < 1.29 is 4.79 Å². The van der Waals surface area contributed by atoms with E-state index in [0.717, 1.165) is 38.8 Å². The molecule has 0 aromatic heterocycles. The summed E-state index contributed by atoms with van der Waals surface area (Å²) < 4.78 is 0. The van der Waals surface area contributed by atoms with Crippen molar-refractivity contribution in [3.63, 3.8) is 0 Å². The smallest absolute Gasteiger partial charge is 0.178 e. The molecular weight excluding hydrogens is 293 g/mol. The molecule has 0 saturated heterocycles. The Hall–Kier alpha value is -0.570. The van der Waals surface area contributed by atoms with E-state index in [-0.39, 0.29) is 5.78 Å². The summed E-state index contributed by atoms with van der Waals surface area (Å²) in [5.41, 5.74) is 0.564. The van der Waals surface area contributed by atoms with Crippen molar-refractivity contribution in [1.82, 2.24) is 4.90 Å². The summed E-state index contributed by atoms with van der Waals surface area (Å²) in [6, 6.07) is 5.05. The molecule has 0 spiro atoms. The Morgan fingerprint density at radius 3 is 2.20 bits per heavy atom. The molecule has 0 unspecified atom stereocenters. The number of ketones is 1. The maximum atomic E-state index is 12.3. The Morgan fingerprint density at radius 2 is 1.70 bits per heavy atom. The molecule has 112 valence electrons. The molecule has 0 aliphatic rings. The van der Waals surface area contributed by atoms with E-state index in [1.807, 2.05) is 0 Å². The second kappa shape index (κ2) is 9.38. The molecule has 0 aliphatic carbocycles. The predicted molar refractivity (Wildman–Crippen MR) is 87.0 cm³/mol. The third-order valence-corrected chi connectivity index (χ3v) is 3.80. The average molecular weight is 316 g/mol. The molecule has 20 heavy (non-hydrogen) atoms. The van der Waals surface area contributed by atoms with Gasteiger partial charge in [0.25, 0.3) is 0 Å². The van der Waals surface area contributed by atoms with E-state index < -0.39 is 0 Å². The largest absolute Gasteiger partial charge is 0.296 e. The standard InChI is InChI=1S/C16H23Cl2NO/c1-3-5-9-19(10-6-4-2)12-16(20)14-8-7-13(17)11-15(14)18/h7-8,11H,3-6,9-10,12H2,1-2H3. The molecule has 0 saturated carbocycles. The van der Waals surface area contributed by atoms with Crippen LogP contribution in [0.2, 0.25) is 10.0 Å². The molecular formula is C16H23Cl2NO. The van der Waals surface area contributed by atoms with Crippen LogP contribution in [-0.2, 0) is 0 Å². The minimum atomic E-state index is 0.0684. The molecule has 0 heterocycles. The van der Waals surface area contributed by atoms with Crippen LogP contribution < -0.4 is 0 Å². The number of hydrogen-bond acceptors (Lipinski definition) is 2. The van der Waals surface area contributed by atoms with E-state index in [9.17, 15) is 4.79 Å². The van der Waals surface area contributed by atoms with Crippen molar-refractivity contribution in [1.29, 1.82) is 0 Å². The van der Waals surface area contributed by atoms with Gasteiger partial charge in [0.1, 0.15) is 0 Å². The Labute approximate surface area is 132 Å². The van der Waals surface area contributed by atoms with Gasteiger partial charge in [-0.3, -0.25) is 9.69 Å². The topological polar surface area (TPSA) is 20.3 Å². The van der Waals surface area contributed by atoms with Crippen molar-refractivity contribution in [2.45, 2.75) is 39.5 Å². The maximum absolute atomic E-state index is 12.3. The van der Waals surface area contributed by atoms with Crippen LogP contribution >= 0.6 is 23.2 Å². The highest BCUT2D eigenvalue weighted by Crippen LogP contribution is 2.21. The van der Waals surface area contributed by atoms with Crippen molar-refractivity contribution >= 4 is 29.0 Å². The van der Waals surface area contributed by atoms with E-state index in [4.69, 9.17) is 23.2 Å². The number of nitrogens with zero attached hydrogens (tertiary/aromatic N) is 1. The second-order valence-corrected chi connectivity index (χ2v) is 5.87. The van der Waals surface area contributed by atoms with Gasteiger partial charge in [-0.2, -0.15) is 0 Å². The summed E-state index contributed by atoms with van der Waals surface area (Å²) in [4.78, 5) is 14.6. The summed E-state index contributed by atoms with van der Waals surface area (Å²) in [5, 5.41) is 0.994. The highest BCUT2D eigenvalue weighted by molar-refractivity contribution is 6.36. The lowest BCUT2D eigenvalue weighted by molar-refractivity contribution is 0.0928. The van der Waals surface area contributed by atoms with Crippen LogP contribution in [0.1, 0.15) is 49.9 Å². The molecule has 4 heteroatoms. The van der Waals surface area contributed by atoms with Gasteiger partial charge >= 0.3 is 0 Å². The summed E-state index contributed by atoms with van der Waals surface area (Å²) in [6.07, 6.45) is 4.51. The molecule has 0 bridgehead atoms. The van der Waals surface area contributed by atoms with Crippen LogP contribution in [0, 0.1) is 0 Å². The molecule has 0 atom stereocenters. The fourth-order valence-electron chi connectivity index (χ4n) is 2.04. The van der Waals surface area contributed by atoms with Gasteiger partial charge in [-0.25, -0.2) is 0 Å². The Bertz CT molecular complexity index is 426. The van der Waals surface area contributed by atoms with Crippen LogP contribution in [0.3, 0.4) is 0 Å². The predicted octanol–water partition coefficient (Wildman–Crippen LogP) is 5.08. The molecule has 1 aromatic rings. The van der Waals surface area contributed by atoms with E-state index in [1.54, 1.807) is 18.2 Å². The highest BCUT2D eigenvalue weighted by atomic mass is 35.5. The zero-order valence-electron chi connectivity index (χ0n) is 12.3. The van der Waals surface area contributed by atoms with Gasteiger partial charge in [-0.1, -0.05) is 49.9 Å². The average Bonchev–Trinajstić information content (AvgIpc) is 2.41. The van der Waals surface area contributed by atoms with Crippen LogP contribution in [0.5, 0.6) is 0 Å². The summed E-state index contributed by atoms with van der Waals surface area (Å²) in [7, 11) is 0. The van der Waals surface area contributed by atoms with Gasteiger partial charge in [0.05, 0.1) is 11.6 Å². The van der Waals surface area contributed by atoms with Crippen molar-refractivity contribution in [3.8, 4) is 0 Å². The number of carbonyl (C=O) groups excluding carboxylic acids is 1. The lowest BCUT2D eigenvalue weighted by Gasteiger charge is -2.21. The highest BCUT2D eigenvalue weighted by Gasteiger charge is 2.15. The Balaban J connectivity index is 2.68. The molecule has 0 amide bonds. The van der Waals surface area contributed by atoms with Gasteiger partial charge in [0, 0.05) is 10.6 Å². The summed E-state index contributed by atoms with van der Waals surface area (Å²) in [6.45, 7) is 6.69. The van der Waals surface area contributed by atoms with Gasteiger partial charge in [0.2, 0.25) is 0 Å². The third kappa shape index (κ3) is 5.82. The molecule has 0 radical (unpaired) electrons. The number of Topliss-reactive ketones (excluding diaryl/α,β-unsaturated/α-hetero) is 1. The Morgan fingerprint density at radius 1 is 1.10 bits per heavy atom. The van der Waals surface area contributed by atoms with Crippen LogP contribution in [0.15, 0.2) is 18.2 Å². The number of benzene rings is 1. The maximum Gasteiger partial charge on any atom is 0.178 e. The molecule has 1 rings (SSSR count). The second-order valence-electron chi connectivity index (χ2n) is 5.03. The zero-order valence-corrected chi connectivity index (χ0v) is 13.8. The van der Waals surface area contributed by atoms with E-state index in [1.165, 1.54) is 0 Å². The fraction of sp³-hybridized carbons (Fsp3) is 0.562. The molecule has 0 aliphatic heterocycles. The van der Waals surface area contributed by atoms with E-state index >= 15 is 0 Å². The molecule has 1 aromatic carbocycles. The minimum Gasteiger partial charge on any atom is -0.296 e. The number of hydrogen-bond donors (Lipinski definition) is 0. The molecule has 2 nitrogen and oxygen atoms in total. The monoisotopic (exact) mass is 315 g/mol. The van der Waals surface area contributed by atoms with Crippen LogP contribution in [0.25, 0.3) is 0 Å². The molecule has 0 N–H and O–H groups in total. The van der Waals surface area contributed by atoms with Crippen molar-refractivity contribution in [2.24, 2.45) is 0 Å². The van der Waals surface area contributed by atoms with Gasteiger partial charge in [-0.05, 0) is 44.1 Å². The van der Waals surface area contributed by atoms with E-state index in [0.29, 0.717) is 22.2 Å². The van der Waals surface area contributed by atoms with Crippen molar-refractivity contribution in [2.75, 3.05) is 19.6 Å². The SMILES string of the molecule is CCCCN(CCCC)CC(=O)c1ccc(Cl)cc1Cl. The fourth-order valence-corrected chi connectivity index (χ4v) is 2.55. The first-order valence-electron chi connectivity index (χ1n) is 7.29. The lowest BCUT2D eigenvalue weighted by atomic mass is 10.1. The Kier molecular flexibility index (Phi) is 8.20. The number of halogens is 2. The normalized spacial score (nSPS) is 11.1. The summed E-state index contributed by atoms with van der Waals surface area (Å²) >= 11 is 12.0. The first kappa shape index (κ1) is 17.5. The first-order chi connectivity index (χ1) is 9.58. The zero-order chi connectivity index (χ0) is 15.0. The number of carbonyl (C=O) groups is 1. The van der Waals surface area contributed by atoms with E-state index in [2.05, 4.69) is 18.7 Å². The summed E-state index contributed by atoms with van der Waals surface area (Å²) in [5.74, 6) is 0.0684. The van der Waals surface area contributed by atoms with Crippen molar-refractivity contribution in [3.05, 3.63) is 33.8 Å². The van der Waals surface area contributed by atoms with Gasteiger partial charge in [-0.15, -0.1) is 0 Å². The quantitative estimate of drug-likeness (QED) is 0.592. The number of unbranched alkanes of at least 4 members (excludes halogenated alkanes) is 2. The lowest BCUT2D eigenvalue weighted by Crippen LogP contribution is -2.32. The minimum absolute atomic E-state index is 0.0684.